The molecule has 2 N–H and O–H groups in total. The van der Waals surface area contributed by atoms with Crippen LogP contribution in [0.1, 0.15) is 36.8 Å². The van der Waals surface area contributed by atoms with Crippen molar-refractivity contribution in [2.24, 2.45) is 0 Å². The Labute approximate surface area is 124 Å². The highest BCUT2D eigenvalue weighted by molar-refractivity contribution is 5.92. The van der Waals surface area contributed by atoms with E-state index >= 15 is 0 Å². The first-order valence-corrected chi connectivity index (χ1v) is 7.09. The van der Waals surface area contributed by atoms with E-state index in [1.54, 1.807) is 12.1 Å². The summed E-state index contributed by atoms with van der Waals surface area (Å²) in [6.45, 7) is 5.93. The summed E-state index contributed by atoms with van der Waals surface area (Å²) in [6, 6.07) is 11.6. The zero-order valence-electron chi connectivity index (χ0n) is 12.6. The second-order valence-corrected chi connectivity index (χ2v) is 5.11. The normalized spacial score (nSPS) is 10.5. The molecular formula is C16H20N4O. The third-order valence-electron chi connectivity index (χ3n) is 2.95. The van der Waals surface area contributed by atoms with Gasteiger partial charge in [-0.25, -0.2) is 0 Å². The van der Waals surface area contributed by atoms with E-state index in [0.29, 0.717) is 11.5 Å². The molecular weight excluding hydrogens is 264 g/mol. The number of rotatable bonds is 5. The van der Waals surface area contributed by atoms with Gasteiger partial charge in [0.15, 0.2) is 11.5 Å². The predicted octanol–water partition coefficient (Wildman–Crippen LogP) is 2.92. The molecule has 0 fully saturated rings. The van der Waals surface area contributed by atoms with Gasteiger partial charge in [0.05, 0.1) is 0 Å². The van der Waals surface area contributed by atoms with Crippen molar-refractivity contribution in [1.29, 1.82) is 0 Å². The van der Waals surface area contributed by atoms with Crippen molar-refractivity contribution in [2.75, 3.05) is 5.32 Å². The number of carbonyl (C=O) groups is 1. The van der Waals surface area contributed by atoms with Crippen molar-refractivity contribution in [3.63, 3.8) is 0 Å². The fourth-order valence-corrected chi connectivity index (χ4v) is 1.83. The van der Waals surface area contributed by atoms with Crippen LogP contribution in [0.3, 0.4) is 0 Å². The van der Waals surface area contributed by atoms with Gasteiger partial charge in [0.2, 0.25) is 0 Å². The van der Waals surface area contributed by atoms with Crippen molar-refractivity contribution in [1.82, 2.24) is 15.5 Å². The second kappa shape index (κ2) is 6.83. The lowest BCUT2D eigenvalue weighted by Crippen LogP contribution is -2.30. The minimum absolute atomic E-state index is 0.0779. The topological polar surface area (TPSA) is 66.9 Å². The maximum Gasteiger partial charge on any atom is 0.271 e. The number of hydrogen-bond donors (Lipinski definition) is 2. The number of amides is 1. The van der Waals surface area contributed by atoms with Crippen LogP contribution in [0.4, 0.5) is 11.5 Å². The van der Waals surface area contributed by atoms with Crippen molar-refractivity contribution >= 4 is 17.4 Å². The summed E-state index contributed by atoms with van der Waals surface area (Å²) in [7, 11) is 0. The summed E-state index contributed by atoms with van der Waals surface area (Å²) < 4.78 is 0. The summed E-state index contributed by atoms with van der Waals surface area (Å²) in [4.78, 5) is 11.8. The highest BCUT2D eigenvalue weighted by atomic mass is 16.1. The highest BCUT2D eigenvalue weighted by Gasteiger charge is 2.09. The Hall–Kier alpha value is -2.43. The number of aromatic nitrogens is 2. The molecule has 0 saturated heterocycles. The number of anilines is 2. The number of hydrogen-bond acceptors (Lipinski definition) is 4. The molecule has 5 heteroatoms. The van der Waals surface area contributed by atoms with Crippen LogP contribution >= 0.6 is 0 Å². The average Bonchev–Trinajstić information content (AvgIpc) is 2.48. The van der Waals surface area contributed by atoms with Crippen LogP contribution in [0.5, 0.6) is 0 Å². The molecule has 1 heterocycles. The molecule has 0 aliphatic carbocycles. The van der Waals surface area contributed by atoms with Crippen molar-refractivity contribution in [2.45, 2.75) is 33.2 Å². The minimum atomic E-state index is -0.212. The Bertz CT molecular complexity index is 591. The molecule has 2 aromatic rings. The Morgan fingerprint density at radius 2 is 1.81 bits per heavy atom. The van der Waals surface area contributed by atoms with E-state index in [9.17, 15) is 4.79 Å². The van der Waals surface area contributed by atoms with Crippen LogP contribution in [0.15, 0.2) is 36.4 Å². The monoisotopic (exact) mass is 284 g/mol. The Balaban J connectivity index is 2.03. The van der Waals surface area contributed by atoms with Crippen LogP contribution in [0.25, 0.3) is 0 Å². The number of aryl methyl sites for hydroxylation is 1. The second-order valence-electron chi connectivity index (χ2n) is 5.11. The molecule has 0 unspecified atom stereocenters. The summed E-state index contributed by atoms with van der Waals surface area (Å²) in [5, 5.41) is 13.9. The van der Waals surface area contributed by atoms with Gasteiger partial charge in [-0.15, -0.1) is 10.2 Å². The summed E-state index contributed by atoms with van der Waals surface area (Å²) in [6.07, 6.45) is 1.01. The first kappa shape index (κ1) is 15.0. The molecule has 21 heavy (non-hydrogen) atoms. The molecule has 0 atom stereocenters. The van der Waals surface area contributed by atoms with Crippen LogP contribution in [-0.2, 0) is 6.42 Å². The maximum atomic E-state index is 11.8. The van der Waals surface area contributed by atoms with Gasteiger partial charge in [-0.2, -0.15) is 0 Å². The van der Waals surface area contributed by atoms with E-state index in [1.165, 1.54) is 5.56 Å². The van der Waals surface area contributed by atoms with Crippen molar-refractivity contribution < 1.29 is 4.79 Å². The van der Waals surface area contributed by atoms with Crippen LogP contribution in [-0.4, -0.2) is 22.1 Å². The van der Waals surface area contributed by atoms with Gasteiger partial charge >= 0.3 is 0 Å². The molecule has 0 spiro atoms. The molecule has 110 valence electrons. The fraction of sp³-hybridized carbons (Fsp3) is 0.312. The quantitative estimate of drug-likeness (QED) is 0.886. The Kier molecular flexibility index (Phi) is 4.87. The van der Waals surface area contributed by atoms with E-state index in [0.717, 1.165) is 12.1 Å². The molecule has 0 saturated carbocycles. The average molecular weight is 284 g/mol. The van der Waals surface area contributed by atoms with Gasteiger partial charge in [0.1, 0.15) is 0 Å². The van der Waals surface area contributed by atoms with Gasteiger partial charge in [0, 0.05) is 11.7 Å². The molecule has 1 amide bonds. The predicted molar refractivity (Wildman–Crippen MR) is 83.7 cm³/mol. The van der Waals surface area contributed by atoms with Gasteiger partial charge in [-0.1, -0.05) is 19.1 Å². The summed E-state index contributed by atoms with van der Waals surface area (Å²) in [5.74, 6) is 0.400. The molecule has 0 aliphatic rings. The van der Waals surface area contributed by atoms with E-state index in [1.807, 2.05) is 26.0 Å². The van der Waals surface area contributed by atoms with Gasteiger partial charge < -0.3 is 10.6 Å². The third-order valence-corrected chi connectivity index (χ3v) is 2.95. The maximum absolute atomic E-state index is 11.8. The molecule has 2 rings (SSSR count). The lowest BCUT2D eigenvalue weighted by atomic mass is 10.1. The third kappa shape index (κ3) is 4.27. The van der Waals surface area contributed by atoms with Crippen molar-refractivity contribution in [3.8, 4) is 0 Å². The van der Waals surface area contributed by atoms with E-state index in [4.69, 9.17) is 0 Å². The SMILES string of the molecule is CCc1ccc(Nc2ccc(C(=O)NC(C)C)nn2)cc1. The number of nitrogens with one attached hydrogen (secondary N) is 2. The van der Waals surface area contributed by atoms with Gasteiger partial charge in [-0.05, 0) is 50.1 Å². The standard InChI is InChI=1S/C16H20N4O/c1-4-12-5-7-13(8-6-12)18-15-10-9-14(19-20-15)16(21)17-11(2)3/h5-11H,4H2,1-3H3,(H,17,21)(H,18,20). The smallest absolute Gasteiger partial charge is 0.271 e. The first-order chi connectivity index (χ1) is 10.1. The number of carbonyl (C=O) groups excluding carboxylic acids is 1. The number of benzene rings is 1. The van der Waals surface area contributed by atoms with E-state index < -0.39 is 0 Å². The molecule has 1 aromatic carbocycles. The molecule has 5 nitrogen and oxygen atoms in total. The number of nitrogens with zero attached hydrogens (tertiary/aromatic N) is 2. The highest BCUT2D eigenvalue weighted by Crippen LogP contribution is 2.15. The first-order valence-electron chi connectivity index (χ1n) is 7.09. The molecule has 0 bridgehead atoms. The lowest BCUT2D eigenvalue weighted by Gasteiger charge is -2.08. The zero-order chi connectivity index (χ0) is 15.2. The van der Waals surface area contributed by atoms with Crippen molar-refractivity contribution in [3.05, 3.63) is 47.7 Å². The van der Waals surface area contributed by atoms with Crippen LogP contribution < -0.4 is 10.6 Å². The Morgan fingerprint density at radius 1 is 1.10 bits per heavy atom. The summed E-state index contributed by atoms with van der Waals surface area (Å²) >= 11 is 0. The van der Waals surface area contributed by atoms with Crippen LogP contribution in [0.2, 0.25) is 0 Å². The van der Waals surface area contributed by atoms with E-state index in [2.05, 4.69) is 39.9 Å². The largest absolute Gasteiger partial charge is 0.348 e. The molecule has 1 aromatic heterocycles. The Morgan fingerprint density at radius 3 is 2.33 bits per heavy atom. The van der Waals surface area contributed by atoms with Gasteiger partial charge in [-0.3, -0.25) is 4.79 Å². The zero-order valence-corrected chi connectivity index (χ0v) is 12.6. The molecule has 0 radical (unpaired) electrons. The minimum Gasteiger partial charge on any atom is -0.348 e. The van der Waals surface area contributed by atoms with Gasteiger partial charge in [0.25, 0.3) is 5.91 Å². The fourth-order valence-electron chi connectivity index (χ4n) is 1.83. The molecule has 0 aliphatic heterocycles. The van der Waals surface area contributed by atoms with Crippen LogP contribution in [0, 0.1) is 0 Å². The van der Waals surface area contributed by atoms with E-state index in [-0.39, 0.29) is 11.9 Å². The lowest BCUT2D eigenvalue weighted by molar-refractivity contribution is 0.0937. The summed E-state index contributed by atoms with van der Waals surface area (Å²) in [5.41, 5.74) is 2.55.